The third kappa shape index (κ3) is 5.94. The van der Waals surface area contributed by atoms with Gasteiger partial charge >= 0.3 is 5.97 Å². The molecule has 6 nitrogen and oxygen atoms in total. The molecule has 1 aromatic carbocycles. The first kappa shape index (κ1) is 19.1. The lowest BCUT2D eigenvalue weighted by atomic mass is 9.96. The van der Waals surface area contributed by atoms with Gasteiger partial charge in [0.15, 0.2) is 0 Å². The Morgan fingerprint density at radius 3 is 2.59 bits per heavy atom. The molecule has 1 saturated carbocycles. The van der Waals surface area contributed by atoms with Crippen LogP contribution in [0.1, 0.15) is 43.0 Å². The number of rotatable bonds is 6. The summed E-state index contributed by atoms with van der Waals surface area (Å²) in [5, 5.41) is 2.96. The molecule has 6 heteroatoms. The molecule has 2 amide bonds. The Bertz CT molecular complexity index is 731. The van der Waals surface area contributed by atoms with Crippen LogP contribution in [-0.2, 0) is 9.59 Å². The van der Waals surface area contributed by atoms with Gasteiger partial charge < -0.3 is 15.0 Å². The highest BCUT2D eigenvalue weighted by Gasteiger charge is 2.24. The zero-order chi connectivity index (χ0) is 19.2. The average molecular weight is 370 g/mol. The Labute approximate surface area is 159 Å². The number of carbonyl (C=O) groups excluding carboxylic acids is 3. The van der Waals surface area contributed by atoms with Gasteiger partial charge in [-0.05, 0) is 61.8 Å². The highest BCUT2D eigenvalue weighted by atomic mass is 16.5. The van der Waals surface area contributed by atoms with E-state index in [1.807, 2.05) is 11.0 Å². The second-order valence-electron chi connectivity index (χ2n) is 7.30. The topological polar surface area (TPSA) is 75.7 Å². The number of ether oxygens (including phenoxy) is 1. The van der Waals surface area contributed by atoms with Crippen molar-refractivity contribution in [2.24, 2.45) is 11.8 Å². The van der Waals surface area contributed by atoms with E-state index in [2.05, 4.69) is 5.32 Å². The minimum Gasteiger partial charge on any atom is -0.427 e. The van der Waals surface area contributed by atoms with Gasteiger partial charge in [0, 0.05) is 32.1 Å². The van der Waals surface area contributed by atoms with Crippen molar-refractivity contribution in [2.45, 2.75) is 32.6 Å². The molecule has 0 atom stereocenters. The van der Waals surface area contributed by atoms with Crippen LogP contribution in [0, 0.1) is 11.8 Å². The molecule has 0 spiro atoms. The first-order valence-corrected chi connectivity index (χ1v) is 9.55. The Hall–Kier alpha value is -2.63. The smallest absolute Gasteiger partial charge is 0.308 e. The second kappa shape index (κ2) is 8.84. The van der Waals surface area contributed by atoms with Crippen molar-refractivity contribution in [1.29, 1.82) is 0 Å². The zero-order valence-corrected chi connectivity index (χ0v) is 15.6. The van der Waals surface area contributed by atoms with Crippen molar-refractivity contribution in [2.75, 3.05) is 19.6 Å². The summed E-state index contributed by atoms with van der Waals surface area (Å²) in [7, 11) is 0. The van der Waals surface area contributed by atoms with Crippen molar-refractivity contribution in [3.05, 3.63) is 42.0 Å². The van der Waals surface area contributed by atoms with E-state index in [0.717, 1.165) is 12.8 Å². The van der Waals surface area contributed by atoms with Crippen LogP contribution in [0.5, 0.6) is 5.75 Å². The number of carbonyl (C=O) groups is 3. The SMILES string of the molecule is CC(=O)Oc1cccc(C(=O)N2CCC(CNC(=O)/C=C/C3CC3)CC2)c1. The maximum atomic E-state index is 12.7. The fraction of sp³-hybridized carbons (Fsp3) is 0.476. The van der Waals surface area contributed by atoms with E-state index >= 15 is 0 Å². The van der Waals surface area contributed by atoms with E-state index in [0.29, 0.717) is 42.8 Å². The van der Waals surface area contributed by atoms with Gasteiger partial charge in [0.2, 0.25) is 5.91 Å². The van der Waals surface area contributed by atoms with Crippen LogP contribution in [0.15, 0.2) is 36.4 Å². The third-order valence-electron chi connectivity index (χ3n) is 4.95. The molecule has 144 valence electrons. The monoisotopic (exact) mass is 370 g/mol. The number of piperidine rings is 1. The van der Waals surface area contributed by atoms with E-state index in [1.54, 1.807) is 30.3 Å². The van der Waals surface area contributed by atoms with Gasteiger partial charge in [0.25, 0.3) is 5.91 Å². The molecule has 2 aliphatic rings. The van der Waals surface area contributed by atoms with Crippen LogP contribution in [0.2, 0.25) is 0 Å². The molecule has 0 aromatic heterocycles. The van der Waals surface area contributed by atoms with Gasteiger partial charge in [-0.3, -0.25) is 14.4 Å². The molecule has 0 radical (unpaired) electrons. The van der Waals surface area contributed by atoms with Crippen LogP contribution in [0.25, 0.3) is 0 Å². The first-order chi connectivity index (χ1) is 13.0. The lowest BCUT2D eigenvalue weighted by Gasteiger charge is -2.32. The fourth-order valence-corrected chi connectivity index (χ4v) is 3.20. The van der Waals surface area contributed by atoms with Gasteiger partial charge in [-0.2, -0.15) is 0 Å². The minimum atomic E-state index is -0.408. The maximum Gasteiger partial charge on any atom is 0.308 e. The molecule has 0 bridgehead atoms. The summed E-state index contributed by atoms with van der Waals surface area (Å²) in [4.78, 5) is 37.3. The number of hydrogen-bond donors (Lipinski definition) is 1. The molecule has 1 aromatic rings. The van der Waals surface area contributed by atoms with Crippen LogP contribution in [0.3, 0.4) is 0 Å². The summed E-state index contributed by atoms with van der Waals surface area (Å²) >= 11 is 0. The van der Waals surface area contributed by atoms with E-state index in [9.17, 15) is 14.4 Å². The van der Waals surface area contributed by atoms with Crippen LogP contribution in [-0.4, -0.2) is 42.3 Å². The average Bonchev–Trinajstić information content (AvgIpc) is 3.49. The van der Waals surface area contributed by atoms with Crippen molar-refractivity contribution in [1.82, 2.24) is 10.2 Å². The lowest BCUT2D eigenvalue weighted by Crippen LogP contribution is -2.41. The van der Waals surface area contributed by atoms with Crippen molar-refractivity contribution < 1.29 is 19.1 Å². The molecule has 3 rings (SSSR count). The number of likely N-dealkylation sites (tertiary alicyclic amines) is 1. The second-order valence-corrected chi connectivity index (χ2v) is 7.30. The number of hydrogen-bond acceptors (Lipinski definition) is 4. The van der Waals surface area contributed by atoms with Gasteiger partial charge in [0.05, 0.1) is 0 Å². The summed E-state index contributed by atoms with van der Waals surface area (Å²) in [6.45, 7) is 3.31. The maximum absolute atomic E-state index is 12.7. The van der Waals surface area contributed by atoms with Crippen molar-refractivity contribution >= 4 is 17.8 Å². The Morgan fingerprint density at radius 1 is 1.19 bits per heavy atom. The summed E-state index contributed by atoms with van der Waals surface area (Å²) in [5.41, 5.74) is 0.519. The van der Waals surface area contributed by atoms with Gasteiger partial charge in [-0.1, -0.05) is 12.1 Å². The first-order valence-electron chi connectivity index (χ1n) is 9.55. The van der Waals surface area contributed by atoms with Crippen molar-refractivity contribution in [3.63, 3.8) is 0 Å². The van der Waals surface area contributed by atoms with E-state index < -0.39 is 5.97 Å². The summed E-state index contributed by atoms with van der Waals surface area (Å²) in [6, 6.07) is 6.70. The van der Waals surface area contributed by atoms with E-state index in [-0.39, 0.29) is 11.8 Å². The zero-order valence-electron chi connectivity index (χ0n) is 15.6. The number of esters is 1. The predicted octanol–water partition coefficient (Wildman–Crippen LogP) is 2.55. The predicted molar refractivity (Wildman–Crippen MR) is 101 cm³/mol. The highest BCUT2D eigenvalue weighted by molar-refractivity contribution is 5.94. The molecular formula is C21H26N2O4. The molecule has 1 aliphatic carbocycles. The minimum absolute atomic E-state index is 0.0253. The Balaban J connectivity index is 1.44. The summed E-state index contributed by atoms with van der Waals surface area (Å²) in [6.07, 6.45) is 7.75. The molecular weight excluding hydrogens is 344 g/mol. The van der Waals surface area contributed by atoms with Crippen molar-refractivity contribution in [3.8, 4) is 5.75 Å². The molecule has 27 heavy (non-hydrogen) atoms. The molecule has 1 saturated heterocycles. The fourth-order valence-electron chi connectivity index (χ4n) is 3.20. The summed E-state index contributed by atoms with van der Waals surface area (Å²) in [5.74, 6) is 0.880. The molecule has 1 aliphatic heterocycles. The Kier molecular flexibility index (Phi) is 6.27. The quantitative estimate of drug-likeness (QED) is 0.474. The summed E-state index contributed by atoms with van der Waals surface area (Å²) < 4.78 is 5.05. The number of benzene rings is 1. The Morgan fingerprint density at radius 2 is 1.93 bits per heavy atom. The molecule has 1 heterocycles. The van der Waals surface area contributed by atoms with Crippen LogP contribution < -0.4 is 10.1 Å². The number of nitrogens with one attached hydrogen (secondary N) is 1. The number of amides is 2. The van der Waals surface area contributed by atoms with Gasteiger partial charge in [-0.15, -0.1) is 0 Å². The lowest BCUT2D eigenvalue weighted by molar-refractivity contribution is -0.131. The normalized spacial score (nSPS) is 17.7. The molecule has 2 fully saturated rings. The van der Waals surface area contributed by atoms with Crippen LogP contribution in [0.4, 0.5) is 0 Å². The third-order valence-corrected chi connectivity index (χ3v) is 4.95. The van der Waals surface area contributed by atoms with Gasteiger partial charge in [-0.25, -0.2) is 0 Å². The van der Waals surface area contributed by atoms with Gasteiger partial charge in [0.1, 0.15) is 5.75 Å². The largest absolute Gasteiger partial charge is 0.427 e. The number of nitrogens with zero attached hydrogens (tertiary/aromatic N) is 1. The van der Waals surface area contributed by atoms with E-state index in [4.69, 9.17) is 4.74 Å². The van der Waals surface area contributed by atoms with Crippen LogP contribution >= 0.6 is 0 Å². The van der Waals surface area contributed by atoms with E-state index in [1.165, 1.54) is 19.8 Å². The highest BCUT2D eigenvalue weighted by Crippen LogP contribution is 2.29. The molecule has 1 N–H and O–H groups in total. The number of allylic oxidation sites excluding steroid dienone is 1. The molecule has 0 unspecified atom stereocenters. The standard InChI is InChI=1S/C21H26N2O4/c1-15(24)27-19-4-2-3-18(13-19)21(26)23-11-9-17(10-12-23)14-22-20(25)8-7-16-5-6-16/h2-4,7-8,13,16-17H,5-6,9-12,14H2,1H3,(H,22,25)/b8-7+.